The van der Waals surface area contributed by atoms with Crippen LogP contribution in [0.5, 0.6) is 0 Å². The van der Waals surface area contributed by atoms with Gasteiger partial charge in [0.25, 0.3) is 5.91 Å². The number of carbonyl (C=O) groups is 1. The Balaban J connectivity index is 1.77. The molecule has 0 atom stereocenters. The Bertz CT molecular complexity index is 1480. The van der Waals surface area contributed by atoms with Crippen molar-refractivity contribution in [1.29, 1.82) is 10.5 Å². The Hall–Kier alpha value is -3.99. The average molecular weight is 550 g/mol. The second kappa shape index (κ2) is 8.27. The first-order valence-corrected chi connectivity index (χ1v) is 10.7. The third-order valence-corrected chi connectivity index (χ3v) is 6.43. The lowest BCUT2D eigenvalue weighted by molar-refractivity contribution is -0.292. The van der Waals surface area contributed by atoms with Gasteiger partial charge in [0.1, 0.15) is 33.4 Å². The first-order chi connectivity index (χ1) is 17.0. The second-order valence-electron chi connectivity index (χ2n) is 7.96. The molecule has 17 heteroatoms. The van der Waals surface area contributed by atoms with Crippen LogP contribution in [0.1, 0.15) is 39.3 Å². The van der Waals surface area contributed by atoms with Crippen molar-refractivity contribution in [2.45, 2.75) is 36.7 Å². The average Bonchev–Trinajstić information content (AvgIpc) is 3.15. The topological polar surface area (TPSA) is 121 Å². The largest absolute Gasteiger partial charge is 0.459 e. The van der Waals surface area contributed by atoms with E-state index in [4.69, 9.17) is 9.78 Å². The molecular weight excluding hydrogens is 540 g/mol. The summed E-state index contributed by atoms with van der Waals surface area (Å²) in [4.78, 5) is 12.4. The second-order valence-corrected chi connectivity index (χ2v) is 9.01. The van der Waals surface area contributed by atoms with Gasteiger partial charge in [-0.1, -0.05) is 5.16 Å². The highest BCUT2D eigenvalue weighted by molar-refractivity contribution is 7.16. The molecule has 1 saturated carbocycles. The maximum absolute atomic E-state index is 13.9. The monoisotopic (exact) mass is 550 g/mol. The minimum Gasteiger partial charge on any atom is -0.355 e. The fourth-order valence-electron chi connectivity index (χ4n) is 3.38. The van der Waals surface area contributed by atoms with Crippen LogP contribution in [0.3, 0.4) is 0 Å². The third kappa shape index (κ3) is 4.39. The predicted molar refractivity (Wildman–Crippen MR) is 107 cm³/mol. The zero-order valence-corrected chi connectivity index (χ0v) is 18.9. The standard InChI is InChI=1S/C20H10F8N6O2S/c1-34-14(13(19(23,24)25)15(32-34)18(21,22)20(26,27)28)9-5-10(36-33-9)11-4-8(12(6-29)37-11)16(35)31-17(7-30)2-3-17/h4-5H,2-3H2,1H3,(H,31,35). The first kappa shape index (κ1) is 26.1. The first-order valence-electron chi connectivity index (χ1n) is 9.89. The summed E-state index contributed by atoms with van der Waals surface area (Å²) in [6.07, 6.45) is -11.2. The Morgan fingerprint density at radius 2 is 1.81 bits per heavy atom. The molecule has 0 saturated heterocycles. The van der Waals surface area contributed by atoms with E-state index in [-0.39, 0.29) is 25.8 Å². The fraction of sp³-hybridized carbons (Fsp3) is 0.350. The molecule has 3 aromatic rings. The van der Waals surface area contributed by atoms with Gasteiger partial charge in [-0.05, 0) is 18.9 Å². The van der Waals surface area contributed by atoms with E-state index in [1.807, 2.05) is 6.07 Å². The number of carbonyl (C=O) groups excluding carboxylic acids is 1. The van der Waals surface area contributed by atoms with E-state index in [1.54, 1.807) is 6.07 Å². The van der Waals surface area contributed by atoms with E-state index in [2.05, 4.69) is 15.6 Å². The number of aromatic nitrogens is 3. The van der Waals surface area contributed by atoms with Gasteiger partial charge in [-0.3, -0.25) is 9.48 Å². The number of hydrogen-bond acceptors (Lipinski definition) is 7. The molecule has 0 bridgehead atoms. The summed E-state index contributed by atoms with van der Waals surface area (Å²) in [5.41, 5.74) is -8.13. The molecule has 1 amide bonds. The maximum Gasteiger partial charge on any atom is 0.459 e. The van der Waals surface area contributed by atoms with Crippen LogP contribution in [-0.2, 0) is 19.1 Å². The predicted octanol–water partition coefficient (Wildman–Crippen LogP) is 5.13. The van der Waals surface area contributed by atoms with E-state index in [0.717, 1.165) is 19.2 Å². The zero-order valence-electron chi connectivity index (χ0n) is 18.1. The lowest BCUT2D eigenvalue weighted by Crippen LogP contribution is -2.36. The van der Waals surface area contributed by atoms with Crippen LogP contribution in [0.15, 0.2) is 16.7 Å². The van der Waals surface area contributed by atoms with Crippen molar-refractivity contribution in [1.82, 2.24) is 20.3 Å². The number of nitrogens with zero attached hydrogens (tertiary/aromatic N) is 5. The number of hydrogen-bond donors (Lipinski definition) is 1. The quantitative estimate of drug-likeness (QED) is 0.440. The van der Waals surface area contributed by atoms with Gasteiger partial charge in [0.05, 0.1) is 16.5 Å². The molecule has 1 aliphatic rings. The van der Waals surface area contributed by atoms with E-state index >= 15 is 0 Å². The van der Waals surface area contributed by atoms with E-state index in [0.29, 0.717) is 24.2 Å². The number of halogens is 8. The normalized spacial score (nSPS) is 15.2. The number of nitriles is 2. The van der Waals surface area contributed by atoms with Crippen molar-refractivity contribution in [3.63, 3.8) is 0 Å². The molecular formula is C20H10F8N6O2S. The summed E-state index contributed by atoms with van der Waals surface area (Å²) >= 11 is 0.678. The van der Waals surface area contributed by atoms with Crippen molar-refractivity contribution in [2.75, 3.05) is 0 Å². The van der Waals surface area contributed by atoms with Crippen molar-refractivity contribution >= 4 is 17.2 Å². The molecule has 0 spiro atoms. The highest BCUT2D eigenvalue weighted by atomic mass is 32.1. The van der Waals surface area contributed by atoms with Crippen molar-refractivity contribution in [3.8, 4) is 34.2 Å². The van der Waals surface area contributed by atoms with Crippen LogP contribution in [-0.4, -0.2) is 32.6 Å². The SMILES string of the molecule is Cn1nc(C(F)(F)C(F)(F)F)c(C(F)(F)F)c1-c1cc(-c2cc(C(=O)NC3(C#N)CC3)c(C#N)s2)on1. The molecule has 37 heavy (non-hydrogen) atoms. The Labute approximate surface area is 204 Å². The molecule has 194 valence electrons. The summed E-state index contributed by atoms with van der Waals surface area (Å²) in [6.45, 7) is 0. The van der Waals surface area contributed by atoms with Crippen LogP contribution in [0.2, 0.25) is 0 Å². The number of thiophene rings is 1. The number of alkyl halides is 8. The van der Waals surface area contributed by atoms with Gasteiger partial charge < -0.3 is 9.84 Å². The van der Waals surface area contributed by atoms with Crippen LogP contribution in [0.4, 0.5) is 35.1 Å². The molecule has 8 nitrogen and oxygen atoms in total. The molecule has 0 aromatic carbocycles. The Morgan fingerprint density at radius 1 is 1.16 bits per heavy atom. The molecule has 1 aliphatic carbocycles. The highest BCUT2D eigenvalue weighted by Gasteiger charge is 2.64. The number of nitrogens with one attached hydrogen (secondary N) is 1. The van der Waals surface area contributed by atoms with Crippen molar-refractivity contribution in [2.24, 2.45) is 7.05 Å². The minimum atomic E-state index is -6.36. The lowest BCUT2D eigenvalue weighted by Gasteiger charge is -2.19. The van der Waals surface area contributed by atoms with Crippen LogP contribution in [0, 0.1) is 22.7 Å². The third-order valence-electron chi connectivity index (χ3n) is 5.37. The van der Waals surface area contributed by atoms with E-state index < -0.39 is 52.4 Å². The number of aryl methyl sites for hydroxylation is 1. The van der Waals surface area contributed by atoms with Gasteiger partial charge in [-0.2, -0.15) is 50.7 Å². The van der Waals surface area contributed by atoms with Crippen LogP contribution >= 0.6 is 11.3 Å². The lowest BCUT2D eigenvalue weighted by atomic mass is 10.0. The summed E-state index contributed by atoms with van der Waals surface area (Å²) in [5, 5.41) is 27.1. The Kier molecular flexibility index (Phi) is 5.83. The van der Waals surface area contributed by atoms with Gasteiger partial charge in [0, 0.05) is 13.1 Å². The molecule has 1 N–H and O–H groups in total. The fourth-order valence-corrected chi connectivity index (χ4v) is 4.28. The molecule has 3 heterocycles. The highest BCUT2D eigenvalue weighted by Crippen LogP contribution is 2.50. The Morgan fingerprint density at radius 3 is 2.32 bits per heavy atom. The minimum absolute atomic E-state index is 0.0128. The summed E-state index contributed by atoms with van der Waals surface area (Å²) in [7, 11) is 0.721. The molecule has 0 unspecified atom stereocenters. The van der Waals surface area contributed by atoms with Gasteiger partial charge in [-0.15, -0.1) is 11.3 Å². The van der Waals surface area contributed by atoms with Gasteiger partial charge >= 0.3 is 18.3 Å². The summed E-state index contributed by atoms with van der Waals surface area (Å²) < 4.78 is 113. The van der Waals surface area contributed by atoms with Crippen molar-refractivity contribution in [3.05, 3.63) is 33.8 Å². The molecule has 1 fully saturated rings. The van der Waals surface area contributed by atoms with Crippen LogP contribution < -0.4 is 5.32 Å². The van der Waals surface area contributed by atoms with Gasteiger partial charge in [-0.25, -0.2) is 0 Å². The summed E-state index contributed by atoms with van der Waals surface area (Å²) in [6, 6.07) is 5.65. The van der Waals surface area contributed by atoms with Gasteiger partial charge in [0.15, 0.2) is 11.5 Å². The zero-order chi connectivity index (χ0) is 27.6. The number of rotatable bonds is 5. The maximum atomic E-state index is 13.9. The summed E-state index contributed by atoms with van der Waals surface area (Å²) in [5.74, 6) is -7.00. The molecule has 4 rings (SSSR count). The smallest absolute Gasteiger partial charge is 0.355 e. The molecule has 0 aliphatic heterocycles. The van der Waals surface area contributed by atoms with E-state index in [9.17, 15) is 45.2 Å². The van der Waals surface area contributed by atoms with Crippen molar-refractivity contribution < 1.29 is 44.4 Å². The van der Waals surface area contributed by atoms with E-state index in [1.165, 1.54) is 0 Å². The van der Waals surface area contributed by atoms with Gasteiger partial charge in [0.2, 0.25) is 0 Å². The molecule has 0 radical (unpaired) electrons. The molecule has 3 aromatic heterocycles. The van der Waals surface area contributed by atoms with Crippen LogP contribution in [0.25, 0.3) is 22.0 Å². The number of amides is 1.